The average Bonchev–Trinajstić information content (AvgIpc) is 2.67. The number of amides is 2. The number of nitrogens with one attached hydrogen (secondary N) is 2. The van der Waals surface area contributed by atoms with Gasteiger partial charge in [-0.25, -0.2) is 13.6 Å². The van der Waals surface area contributed by atoms with E-state index in [4.69, 9.17) is 4.74 Å². The number of benzene rings is 2. The molecule has 2 N–H and O–H groups in total. The lowest BCUT2D eigenvalue weighted by atomic mass is 10.0. The fraction of sp³-hybridized carbons (Fsp3) is 0.381. The van der Waals surface area contributed by atoms with Gasteiger partial charge in [0.15, 0.2) is 11.6 Å². The van der Waals surface area contributed by atoms with Crippen LogP contribution < -0.4 is 10.6 Å². The minimum atomic E-state index is -0.828. The number of halogens is 2. The Morgan fingerprint density at radius 3 is 2.61 bits per heavy atom. The molecule has 0 radical (unpaired) electrons. The van der Waals surface area contributed by atoms with Gasteiger partial charge in [0.2, 0.25) is 0 Å². The first-order chi connectivity index (χ1) is 13.5. The van der Waals surface area contributed by atoms with Crippen molar-refractivity contribution in [3.8, 4) is 0 Å². The summed E-state index contributed by atoms with van der Waals surface area (Å²) in [5, 5.41) is 5.86. The minimum absolute atomic E-state index is 0.0864. The molecule has 0 aromatic heterocycles. The van der Waals surface area contributed by atoms with Crippen molar-refractivity contribution in [2.75, 3.05) is 25.5 Å². The van der Waals surface area contributed by atoms with Gasteiger partial charge in [-0.05, 0) is 48.2 Å². The monoisotopic (exact) mass is 389 g/mol. The number of likely N-dealkylation sites (tertiary alicyclic amines) is 1. The number of rotatable bonds is 6. The Bertz CT molecular complexity index is 808. The summed E-state index contributed by atoms with van der Waals surface area (Å²) in [5.74, 6) is -1.65. The molecule has 2 aromatic rings. The second-order valence-electron chi connectivity index (χ2n) is 7.03. The van der Waals surface area contributed by atoms with Crippen molar-refractivity contribution in [2.24, 2.45) is 0 Å². The predicted molar refractivity (Wildman–Crippen MR) is 104 cm³/mol. The minimum Gasteiger partial charge on any atom is -0.380 e. The standard InChI is InChI=1S/C21H25F2N3O2/c1-28-14-16-3-2-4-18(11-16)25-21(27)24-17-7-9-26(10-8-17)13-15-5-6-19(22)20(23)12-15/h2-6,11-12,17H,7-10,13-14H2,1H3,(H2,24,25,27). The molecule has 7 heteroatoms. The second kappa shape index (κ2) is 9.61. The summed E-state index contributed by atoms with van der Waals surface area (Å²) < 4.78 is 31.5. The van der Waals surface area contributed by atoms with Gasteiger partial charge in [-0.1, -0.05) is 18.2 Å². The fourth-order valence-corrected chi connectivity index (χ4v) is 3.39. The van der Waals surface area contributed by atoms with Crippen LogP contribution in [0.2, 0.25) is 0 Å². The van der Waals surface area contributed by atoms with Gasteiger partial charge < -0.3 is 15.4 Å². The van der Waals surface area contributed by atoms with E-state index < -0.39 is 11.6 Å². The third-order valence-electron chi connectivity index (χ3n) is 4.81. The topological polar surface area (TPSA) is 53.6 Å². The fourth-order valence-electron chi connectivity index (χ4n) is 3.39. The van der Waals surface area contributed by atoms with Gasteiger partial charge in [0.05, 0.1) is 6.61 Å². The zero-order valence-electron chi connectivity index (χ0n) is 15.9. The van der Waals surface area contributed by atoms with Crippen molar-refractivity contribution < 1.29 is 18.3 Å². The molecule has 5 nitrogen and oxygen atoms in total. The maximum atomic E-state index is 13.3. The van der Waals surface area contributed by atoms with E-state index in [1.54, 1.807) is 13.2 Å². The van der Waals surface area contributed by atoms with Crippen LogP contribution in [-0.4, -0.2) is 37.2 Å². The number of hydrogen-bond acceptors (Lipinski definition) is 3. The van der Waals surface area contributed by atoms with Crippen LogP contribution in [0.4, 0.5) is 19.3 Å². The maximum Gasteiger partial charge on any atom is 0.319 e. The van der Waals surface area contributed by atoms with Gasteiger partial charge in [0.25, 0.3) is 0 Å². The van der Waals surface area contributed by atoms with Gasteiger partial charge in [-0.2, -0.15) is 0 Å². The third kappa shape index (κ3) is 5.74. The summed E-state index contributed by atoms with van der Waals surface area (Å²) in [6.45, 7) is 2.64. The van der Waals surface area contributed by atoms with E-state index in [1.165, 1.54) is 6.07 Å². The zero-order chi connectivity index (χ0) is 19.9. The molecule has 0 aliphatic carbocycles. The van der Waals surface area contributed by atoms with E-state index in [2.05, 4.69) is 15.5 Å². The molecule has 28 heavy (non-hydrogen) atoms. The third-order valence-corrected chi connectivity index (χ3v) is 4.81. The summed E-state index contributed by atoms with van der Waals surface area (Å²) in [4.78, 5) is 14.4. The van der Waals surface area contributed by atoms with Crippen LogP contribution in [0.15, 0.2) is 42.5 Å². The van der Waals surface area contributed by atoms with E-state index in [1.807, 2.05) is 24.3 Å². The first-order valence-corrected chi connectivity index (χ1v) is 9.35. The first-order valence-electron chi connectivity index (χ1n) is 9.35. The SMILES string of the molecule is COCc1cccc(NC(=O)NC2CCN(Cc3ccc(F)c(F)c3)CC2)c1. The highest BCUT2D eigenvalue weighted by Gasteiger charge is 2.21. The molecule has 3 rings (SSSR count). The summed E-state index contributed by atoms with van der Waals surface area (Å²) in [6.07, 6.45) is 1.61. The number of methoxy groups -OCH3 is 1. The summed E-state index contributed by atoms with van der Waals surface area (Å²) in [6, 6.07) is 11.4. The molecule has 0 saturated carbocycles. The van der Waals surface area contributed by atoms with Crippen LogP contribution in [-0.2, 0) is 17.9 Å². The Balaban J connectivity index is 1.44. The highest BCUT2D eigenvalue weighted by molar-refractivity contribution is 5.89. The molecular formula is C21H25F2N3O2. The molecule has 1 fully saturated rings. The Labute approximate surface area is 163 Å². The molecule has 1 saturated heterocycles. The molecular weight excluding hydrogens is 364 g/mol. The van der Waals surface area contributed by atoms with Gasteiger partial charge in [-0.15, -0.1) is 0 Å². The number of hydrogen-bond donors (Lipinski definition) is 2. The van der Waals surface area contributed by atoms with Gasteiger partial charge in [-0.3, -0.25) is 4.90 Å². The van der Waals surface area contributed by atoms with Crippen LogP contribution in [0.5, 0.6) is 0 Å². The lowest BCUT2D eigenvalue weighted by molar-refractivity contribution is 0.185. The van der Waals surface area contributed by atoms with E-state index in [-0.39, 0.29) is 12.1 Å². The number of piperidine rings is 1. The van der Waals surface area contributed by atoms with Crippen LogP contribution in [0.3, 0.4) is 0 Å². The maximum absolute atomic E-state index is 13.3. The highest BCUT2D eigenvalue weighted by atomic mass is 19.2. The van der Waals surface area contributed by atoms with Gasteiger partial charge in [0, 0.05) is 38.5 Å². The number of carbonyl (C=O) groups is 1. The van der Waals surface area contributed by atoms with Gasteiger partial charge in [0.1, 0.15) is 0 Å². The van der Waals surface area contributed by atoms with Crippen LogP contribution >= 0.6 is 0 Å². The molecule has 0 atom stereocenters. The predicted octanol–water partition coefficient (Wildman–Crippen LogP) is 3.90. The Morgan fingerprint density at radius 1 is 1.11 bits per heavy atom. The van der Waals surface area contributed by atoms with Crippen molar-refractivity contribution in [2.45, 2.75) is 32.0 Å². The zero-order valence-corrected chi connectivity index (χ0v) is 15.9. The van der Waals surface area contributed by atoms with Crippen LogP contribution in [0.1, 0.15) is 24.0 Å². The molecule has 0 unspecified atom stereocenters. The summed E-state index contributed by atoms with van der Waals surface area (Å²) in [5.41, 5.74) is 2.47. The van der Waals surface area contributed by atoms with Crippen molar-refractivity contribution in [1.82, 2.24) is 10.2 Å². The smallest absolute Gasteiger partial charge is 0.319 e. The average molecular weight is 389 g/mol. The Kier molecular flexibility index (Phi) is 6.95. The molecule has 1 aliphatic heterocycles. The van der Waals surface area contributed by atoms with Crippen molar-refractivity contribution in [3.63, 3.8) is 0 Å². The number of anilines is 1. The number of urea groups is 1. The van der Waals surface area contributed by atoms with E-state index in [0.717, 1.165) is 48.8 Å². The molecule has 0 bridgehead atoms. The van der Waals surface area contributed by atoms with Crippen LogP contribution in [0.25, 0.3) is 0 Å². The normalized spacial score (nSPS) is 15.4. The van der Waals surface area contributed by atoms with Crippen molar-refractivity contribution in [3.05, 3.63) is 65.2 Å². The van der Waals surface area contributed by atoms with Crippen molar-refractivity contribution in [1.29, 1.82) is 0 Å². The molecule has 2 amide bonds. The molecule has 0 spiro atoms. The summed E-state index contributed by atoms with van der Waals surface area (Å²) in [7, 11) is 1.63. The van der Waals surface area contributed by atoms with Gasteiger partial charge >= 0.3 is 6.03 Å². The molecule has 1 heterocycles. The lowest BCUT2D eigenvalue weighted by Crippen LogP contribution is -2.45. The van der Waals surface area contributed by atoms with E-state index in [0.29, 0.717) is 13.2 Å². The van der Waals surface area contributed by atoms with Crippen LogP contribution in [0, 0.1) is 11.6 Å². The first kappa shape index (κ1) is 20.2. The molecule has 1 aliphatic rings. The number of nitrogens with zero attached hydrogens (tertiary/aromatic N) is 1. The molecule has 2 aromatic carbocycles. The quantitative estimate of drug-likeness (QED) is 0.788. The Morgan fingerprint density at radius 2 is 1.89 bits per heavy atom. The number of ether oxygens (including phenoxy) is 1. The largest absolute Gasteiger partial charge is 0.380 e. The summed E-state index contributed by atoms with van der Waals surface area (Å²) >= 11 is 0. The second-order valence-corrected chi connectivity index (χ2v) is 7.03. The molecule has 150 valence electrons. The van der Waals surface area contributed by atoms with Crippen molar-refractivity contribution >= 4 is 11.7 Å². The Hall–Kier alpha value is -2.51. The highest BCUT2D eigenvalue weighted by Crippen LogP contribution is 2.16. The number of carbonyl (C=O) groups excluding carboxylic acids is 1. The van der Waals surface area contributed by atoms with E-state index in [9.17, 15) is 13.6 Å². The van der Waals surface area contributed by atoms with E-state index >= 15 is 0 Å². The lowest BCUT2D eigenvalue weighted by Gasteiger charge is -2.32.